The Morgan fingerprint density at radius 3 is 2.62 bits per heavy atom. The van der Waals surface area contributed by atoms with Crippen LogP contribution in [0.15, 0.2) is 6.20 Å². The Balaban J connectivity index is 2.23. The van der Waals surface area contributed by atoms with E-state index in [9.17, 15) is 14.4 Å². The average molecular weight is 292 g/mol. The Labute approximate surface area is 123 Å². The molecule has 2 heterocycles. The van der Waals surface area contributed by atoms with Crippen molar-refractivity contribution in [3.63, 3.8) is 0 Å². The van der Waals surface area contributed by atoms with Gasteiger partial charge in [-0.25, -0.2) is 4.79 Å². The second-order valence-corrected chi connectivity index (χ2v) is 5.19. The van der Waals surface area contributed by atoms with Crippen molar-refractivity contribution in [2.24, 2.45) is 13.0 Å². The molecule has 0 radical (unpaired) electrons. The summed E-state index contributed by atoms with van der Waals surface area (Å²) >= 11 is 0. The summed E-state index contributed by atoms with van der Waals surface area (Å²) in [6.45, 7) is 4.01. The van der Waals surface area contributed by atoms with E-state index in [1.165, 1.54) is 0 Å². The summed E-state index contributed by atoms with van der Waals surface area (Å²) in [4.78, 5) is 37.1. The molecule has 1 atom stereocenters. The maximum atomic E-state index is 12.4. The van der Waals surface area contributed by atoms with Gasteiger partial charge in [-0.3, -0.25) is 24.5 Å². The number of rotatable bonds is 5. The van der Waals surface area contributed by atoms with Gasteiger partial charge in [0.05, 0.1) is 12.2 Å². The Morgan fingerprint density at radius 1 is 1.29 bits per heavy atom. The molecule has 1 aromatic heterocycles. The molecule has 114 valence electrons. The fraction of sp³-hybridized carbons (Fsp3) is 0.571. The molecule has 1 saturated heterocycles. The molecule has 0 aromatic carbocycles. The van der Waals surface area contributed by atoms with Crippen LogP contribution in [0.5, 0.6) is 0 Å². The van der Waals surface area contributed by atoms with Crippen LogP contribution in [0.4, 0.5) is 4.79 Å². The first-order valence-electron chi connectivity index (χ1n) is 7.15. The van der Waals surface area contributed by atoms with Crippen molar-refractivity contribution in [3.05, 3.63) is 17.5 Å². The van der Waals surface area contributed by atoms with E-state index < -0.39 is 23.8 Å². The summed E-state index contributed by atoms with van der Waals surface area (Å²) in [6.07, 6.45) is 3.67. The van der Waals surface area contributed by atoms with Crippen LogP contribution in [0.25, 0.3) is 0 Å². The van der Waals surface area contributed by atoms with Gasteiger partial charge in [0.1, 0.15) is 5.92 Å². The molecule has 1 fully saturated rings. The number of carbonyl (C=O) groups excluding carboxylic acids is 3. The summed E-state index contributed by atoms with van der Waals surface area (Å²) in [5.74, 6) is -1.68. The van der Waals surface area contributed by atoms with E-state index in [-0.39, 0.29) is 6.54 Å². The topological polar surface area (TPSA) is 84.3 Å². The molecular weight excluding hydrogens is 272 g/mol. The zero-order valence-corrected chi connectivity index (χ0v) is 12.5. The number of nitrogens with one attached hydrogen (secondary N) is 1. The molecule has 0 aliphatic carbocycles. The fourth-order valence-corrected chi connectivity index (χ4v) is 2.54. The zero-order chi connectivity index (χ0) is 15.6. The predicted molar refractivity (Wildman–Crippen MR) is 75.1 cm³/mol. The highest BCUT2D eigenvalue weighted by Crippen LogP contribution is 2.19. The van der Waals surface area contributed by atoms with E-state index in [0.717, 1.165) is 22.6 Å². The Hall–Kier alpha value is -2.18. The average Bonchev–Trinajstić information content (AvgIpc) is 2.79. The van der Waals surface area contributed by atoms with Crippen molar-refractivity contribution in [1.82, 2.24) is 20.0 Å². The smallest absolute Gasteiger partial charge is 0.277 e. The van der Waals surface area contributed by atoms with Crippen molar-refractivity contribution in [3.8, 4) is 0 Å². The lowest BCUT2D eigenvalue weighted by Gasteiger charge is -2.29. The maximum absolute atomic E-state index is 12.4. The molecule has 0 bridgehead atoms. The number of nitrogens with zero attached hydrogens (tertiary/aromatic N) is 3. The van der Waals surface area contributed by atoms with Gasteiger partial charge in [-0.05, 0) is 12.8 Å². The third-order valence-electron chi connectivity index (χ3n) is 3.59. The summed E-state index contributed by atoms with van der Waals surface area (Å²) < 4.78 is 1.66. The van der Waals surface area contributed by atoms with Crippen molar-refractivity contribution in [2.45, 2.75) is 39.7 Å². The second kappa shape index (κ2) is 6.07. The fourth-order valence-electron chi connectivity index (χ4n) is 2.54. The minimum Gasteiger partial charge on any atom is -0.277 e. The van der Waals surface area contributed by atoms with Gasteiger partial charge in [-0.1, -0.05) is 20.3 Å². The molecule has 7 nitrogen and oxygen atoms in total. The zero-order valence-electron chi connectivity index (χ0n) is 12.5. The molecule has 1 N–H and O–H groups in total. The first-order chi connectivity index (χ1) is 9.97. The monoisotopic (exact) mass is 292 g/mol. The second-order valence-electron chi connectivity index (χ2n) is 5.19. The third kappa shape index (κ3) is 2.96. The molecule has 2 rings (SSSR count). The largest absolute Gasteiger partial charge is 0.331 e. The number of aryl methyl sites for hydroxylation is 2. The molecule has 1 aromatic rings. The predicted octanol–water partition coefficient (Wildman–Crippen LogP) is 0.977. The molecule has 1 aliphatic heterocycles. The maximum Gasteiger partial charge on any atom is 0.331 e. The van der Waals surface area contributed by atoms with E-state index in [1.807, 2.05) is 13.8 Å². The normalized spacial score (nSPS) is 19.1. The van der Waals surface area contributed by atoms with Gasteiger partial charge in [0.15, 0.2) is 0 Å². The number of carbonyl (C=O) groups is 3. The third-order valence-corrected chi connectivity index (χ3v) is 3.59. The summed E-state index contributed by atoms with van der Waals surface area (Å²) in [5.41, 5.74) is 1.68. The lowest BCUT2D eigenvalue weighted by Crippen LogP contribution is -2.57. The molecule has 1 unspecified atom stereocenters. The quantitative estimate of drug-likeness (QED) is 0.820. The van der Waals surface area contributed by atoms with E-state index in [4.69, 9.17) is 0 Å². The minimum absolute atomic E-state index is 0.148. The van der Waals surface area contributed by atoms with Crippen molar-refractivity contribution in [1.29, 1.82) is 0 Å². The van der Waals surface area contributed by atoms with Crippen LogP contribution in [-0.4, -0.2) is 32.5 Å². The van der Waals surface area contributed by atoms with Crippen molar-refractivity contribution in [2.75, 3.05) is 0 Å². The van der Waals surface area contributed by atoms with Crippen LogP contribution >= 0.6 is 0 Å². The van der Waals surface area contributed by atoms with E-state index in [2.05, 4.69) is 10.4 Å². The Morgan fingerprint density at radius 2 is 2.00 bits per heavy atom. The number of amides is 4. The summed E-state index contributed by atoms with van der Waals surface area (Å²) in [5, 5.41) is 6.55. The minimum atomic E-state index is -0.769. The van der Waals surface area contributed by atoms with Gasteiger partial charge >= 0.3 is 6.03 Å². The van der Waals surface area contributed by atoms with Crippen LogP contribution in [0.3, 0.4) is 0 Å². The summed E-state index contributed by atoms with van der Waals surface area (Å²) in [6, 6.07) is -0.650. The first-order valence-corrected chi connectivity index (χ1v) is 7.15. The van der Waals surface area contributed by atoms with Crippen molar-refractivity contribution >= 4 is 17.8 Å². The number of barbiturate groups is 1. The van der Waals surface area contributed by atoms with Gasteiger partial charge in [0.2, 0.25) is 11.8 Å². The number of hydrogen-bond acceptors (Lipinski definition) is 4. The first kappa shape index (κ1) is 15.2. The number of imide groups is 2. The summed E-state index contributed by atoms with van der Waals surface area (Å²) in [7, 11) is 1.80. The van der Waals surface area contributed by atoms with Gasteiger partial charge < -0.3 is 0 Å². The number of urea groups is 1. The van der Waals surface area contributed by atoms with Gasteiger partial charge in [0, 0.05) is 18.8 Å². The lowest BCUT2D eigenvalue weighted by atomic mass is 9.99. The van der Waals surface area contributed by atoms with E-state index in [1.54, 1.807) is 17.9 Å². The van der Waals surface area contributed by atoms with Gasteiger partial charge in [0.25, 0.3) is 0 Å². The molecule has 1 aliphatic rings. The molecule has 0 saturated carbocycles. The van der Waals surface area contributed by atoms with Crippen LogP contribution in [-0.2, 0) is 29.6 Å². The Bertz CT molecular complexity index is 579. The van der Waals surface area contributed by atoms with Crippen LogP contribution in [0, 0.1) is 5.92 Å². The number of aromatic nitrogens is 2. The van der Waals surface area contributed by atoms with Gasteiger partial charge in [-0.2, -0.15) is 5.10 Å². The highest BCUT2D eigenvalue weighted by Gasteiger charge is 2.39. The highest BCUT2D eigenvalue weighted by molar-refractivity contribution is 6.16. The van der Waals surface area contributed by atoms with Crippen LogP contribution in [0.1, 0.15) is 37.9 Å². The molecule has 4 amide bonds. The number of hydrogen-bond donors (Lipinski definition) is 1. The van der Waals surface area contributed by atoms with Crippen LogP contribution in [0.2, 0.25) is 0 Å². The molecule has 0 spiro atoms. The van der Waals surface area contributed by atoms with Gasteiger partial charge in [-0.15, -0.1) is 0 Å². The van der Waals surface area contributed by atoms with Crippen molar-refractivity contribution < 1.29 is 14.4 Å². The lowest BCUT2D eigenvalue weighted by molar-refractivity contribution is -0.143. The molecule has 7 heteroatoms. The molecule has 21 heavy (non-hydrogen) atoms. The van der Waals surface area contributed by atoms with E-state index in [0.29, 0.717) is 12.8 Å². The SMILES string of the molecule is CCCC1C(=O)NC(=O)N(Cc2cn(C)nc2CC)C1=O. The molecular formula is C14H20N4O3. The Kier molecular flexibility index (Phi) is 4.40. The van der Waals surface area contributed by atoms with Crippen LogP contribution < -0.4 is 5.32 Å². The standard InChI is InChI=1S/C14H20N4O3/c1-4-6-10-12(19)15-14(21)18(13(10)20)8-9-7-17(3)16-11(9)5-2/h7,10H,4-6,8H2,1-3H3,(H,15,19,21). The highest BCUT2D eigenvalue weighted by atomic mass is 16.2. The van der Waals surface area contributed by atoms with E-state index >= 15 is 0 Å².